The number of para-hydroxylation sites is 1. The molecule has 0 aromatic heterocycles. The Morgan fingerprint density at radius 2 is 1.89 bits per heavy atom. The zero-order valence-electron chi connectivity index (χ0n) is 9.47. The summed E-state index contributed by atoms with van der Waals surface area (Å²) in [5, 5.41) is 21.9. The van der Waals surface area contributed by atoms with Crippen molar-refractivity contribution in [3.05, 3.63) is 59.1 Å². The van der Waals surface area contributed by atoms with Crippen LogP contribution >= 0.6 is 11.6 Å². The van der Waals surface area contributed by atoms with Crippen LogP contribution < -0.4 is 5.32 Å². The molecule has 2 rings (SSSR count). The highest BCUT2D eigenvalue weighted by Gasteiger charge is 2.11. The highest BCUT2D eigenvalue weighted by Crippen LogP contribution is 2.27. The minimum absolute atomic E-state index is 0.0109. The van der Waals surface area contributed by atoms with Gasteiger partial charge in [-0.1, -0.05) is 35.9 Å². The van der Waals surface area contributed by atoms with Crippen molar-refractivity contribution in [3.8, 4) is 11.8 Å². The van der Waals surface area contributed by atoms with Crippen LogP contribution in [0, 0.1) is 11.3 Å². The molecule has 0 aliphatic heterocycles. The fraction of sp³-hybridized carbons (Fsp3) is 0.0714. The van der Waals surface area contributed by atoms with Crippen LogP contribution in [-0.2, 0) is 0 Å². The van der Waals surface area contributed by atoms with E-state index in [2.05, 4.69) is 11.4 Å². The first-order valence-corrected chi connectivity index (χ1v) is 5.78. The number of phenols is 1. The number of benzene rings is 2. The number of aromatic hydroxyl groups is 1. The van der Waals surface area contributed by atoms with Crippen LogP contribution in [0.2, 0.25) is 5.02 Å². The predicted molar refractivity (Wildman–Crippen MR) is 71.5 cm³/mol. The molecule has 0 saturated heterocycles. The number of nitriles is 1. The van der Waals surface area contributed by atoms with Gasteiger partial charge in [-0.05, 0) is 29.8 Å². The third kappa shape index (κ3) is 2.73. The van der Waals surface area contributed by atoms with Crippen molar-refractivity contribution < 1.29 is 5.11 Å². The van der Waals surface area contributed by atoms with Crippen LogP contribution in [0.3, 0.4) is 0 Å². The van der Waals surface area contributed by atoms with E-state index in [0.717, 1.165) is 5.69 Å². The predicted octanol–water partition coefficient (Wildman–Crippen LogP) is 3.72. The monoisotopic (exact) mass is 258 g/mol. The Kier molecular flexibility index (Phi) is 3.71. The standard InChI is InChI=1S/C14H11ClN2O/c15-12-8-10(6-7-14(12)18)13(9-16)17-11-4-2-1-3-5-11/h1-8,13,17-18H. The lowest BCUT2D eigenvalue weighted by molar-refractivity contribution is 0.475. The lowest BCUT2D eigenvalue weighted by Gasteiger charge is -2.13. The highest BCUT2D eigenvalue weighted by atomic mass is 35.5. The molecule has 0 aliphatic rings. The van der Waals surface area contributed by atoms with Crippen molar-refractivity contribution in [2.75, 3.05) is 5.32 Å². The molecule has 2 aromatic carbocycles. The van der Waals surface area contributed by atoms with Gasteiger partial charge in [0.25, 0.3) is 0 Å². The third-order valence-corrected chi connectivity index (χ3v) is 2.82. The molecule has 2 aromatic rings. The van der Waals surface area contributed by atoms with Crippen LogP contribution in [0.5, 0.6) is 5.75 Å². The average Bonchev–Trinajstić information content (AvgIpc) is 2.40. The van der Waals surface area contributed by atoms with E-state index in [1.807, 2.05) is 30.3 Å². The first kappa shape index (κ1) is 12.3. The highest BCUT2D eigenvalue weighted by molar-refractivity contribution is 6.32. The fourth-order valence-corrected chi connectivity index (χ4v) is 1.78. The third-order valence-electron chi connectivity index (χ3n) is 2.52. The quantitative estimate of drug-likeness (QED) is 0.882. The maximum absolute atomic E-state index is 9.35. The van der Waals surface area contributed by atoms with Crippen LogP contribution in [0.4, 0.5) is 5.69 Å². The molecule has 0 heterocycles. The van der Waals surface area contributed by atoms with Crippen LogP contribution in [0.1, 0.15) is 11.6 Å². The Balaban J connectivity index is 2.24. The molecule has 4 heteroatoms. The number of nitrogens with zero attached hydrogens (tertiary/aromatic N) is 1. The smallest absolute Gasteiger partial charge is 0.140 e. The van der Waals surface area contributed by atoms with Gasteiger partial charge in [0.1, 0.15) is 11.8 Å². The SMILES string of the molecule is N#CC(Nc1ccccc1)c1ccc(O)c(Cl)c1. The Labute approximate surface area is 110 Å². The minimum Gasteiger partial charge on any atom is -0.506 e. The van der Waals surface area contributed by atoms with Crippen molar-refractivity contribution in [1.29, 1.82) is 5.26 Å². The second kappa shape index (κ2) is 5.44. The Bertz CT molecular complexity index is 578. The van der Waals surface area contributed by atoms with Crippen LogP contribution in [-0.4, -0.2) is 5.11 Å². The molecule has 90 valence electrons. The Morgan fingerprint density at radius 1 is 1.17 bits per heavy atom. The van der Waals surface area contributed by atoms with Crippen LogP contribution in [0.15, 0.2) is 48.5 Å². The van der Waals surface area contributed by atoms with Gasteiger partial charge in [-0.3, -0.25) is 0 Å². The van der Waals surface area contributed by atoms with Crippen molar-refractivity contribution in [2.24, 2.45) is 0 Å². The summed E-state index contributed by atoms with van der Waals surface area (Å²) in [6.45, 7) is 0. The second-order valence-electron chi connectivity index (χ2n) is 3.78. The molecule has 0 spiro atoms. The summed E-state index contributed by atoms with van der Waals surface area (Å²) in [6.07, 6.45) is 0. The molecule has 0 bridgehead atoms. The van der Waals surface area contributed by atoms with E-state index < -0.39 is 6.04 Å². The van der Waals surface area contributed by atoms with E-state index in [1.54, 1.807) is 12.1 Å². The van der Waals surface area contributed by atoms with E-state index >= 15 is 0 Å². The van der Waals surface area contributed by atoms with E-state index in [1.165, 1.54) is 6.07 Å². The number of halogens is 1. The topological polar surface area (TPSA) is 56.0 Å². The van der Waals surface area contributed by atoms with E-state index in [0.29, 0.717) is 5.56 Å². The number of phenolic OH excluding ortho intramolecular Hbond substituents is 1. The average molecular weight is 259 g/mol. The largest absolute Gasteiger partial charge is 0.506 e. The van der Waals surface area contributed by atoms with Crippen molar-refractivity contribution in [2.45, 2.75) is 6.04 Å². The lowest BCUT2D eigenvalue weighted by Crippen LogP contribution is -2.08. The summed E-state index contributed by atoms with van der Waals surface area (Å²) in [5.41, 5.74) is 1.57. The Hall–Kier alpha value is -2.18. The second-order valence-corrected chi connectivity index (χ2v) is 4.19. The zero-order valence-corrected chi connectivity index (χ0v) is 10.2. The number of nitrogens with one attached hydrogen (secondary N) is 1. The van der Waals surface area contributed by atoms with Gasteiger partial charge in [0, 0.05) is 5.69 Å². The van der Waals surface area contributed by atoms with Gasteiger partial charge in [0.15, 0.2) is 0 Å². The van der Waals surface area contributed by atoms with Gasteiger partial charge in [-0.15, -0.1) is 0 Å². The first-order chi connectivity index (χ1) is 8.70. The molecule has 1 unspecified atom stereocenters. The van der Waals surface area contributed by atoms with Gasteiger partial charge in [-0.2, -0.15) is 5.26 Å². The van der Waals surface area contributed by atoms with Crippen molar-refractivity contribution >= 4 is 17.3 Å². The molecular weight excluding hydrogens is 248 g/mol. The molecule has 0 radical (unpaired) electrons. The lowest BCUT2D eigenvalue weighted by atomic mass is 10.1. The number of hydrogen-bond acceptors (Lipinski definition) is 3. The van der Waals surface area contributed by atoms with Crippen molar-refractivity contribution in [1.82, 2.24) is 0 Å². The molecule has 0 fully saturated rings. The summed E-state index contributed by atoms with van der Waals surface area (Å²) >= 11 is 5.83. The molecule has 0 saturated carbocycles. The van der Waals surface area contributed by atoms with Crippen LogP contribution in [0.25, 0.3) is 0 Å². The first-order valence-electron chi connectivity index (χ1n) is 5.40. The summed E-state index contributed by atoms with van der Waals surface area (Å²) in [7, 11) is 0. The molecular formula is C14H11ClN2O. The molecule has 0 amide bonds. The van der Waals surface area contributed by atoms with E-state index in [-0.39, 0.29) is 10.8 Å². The summed E-state index contributed by atoms with van der Waals surface area (Å²) in [6, 6.07) is 15.8. The summed E-state index contributed by atoms with van der Waals surface area (Å²) < 4.78 is 0. The van der Waals surface area contributed by atoms with Gasteiger partial charge in [-0.25, -0.2) is 0 Å². The molecule has 0 aliphatic carbocycles. The minimum atomic E-state index is -0.509. The normalized spacial score (nSPS) is 11.6. The zero-order chi connectivity index (χ0) is 13.0. The van der Waals surface area contributed by atoms with Gasteiger partial charge in [0.05, 0.1) is 11.1 Å². The fourth-order valence-electron chi connectivity index (χ4n) is 1.59. The number of rotatable bonds is 3. The van der Waals surface area contributed by atoms with E-state index in [9.17, 15) is 10.4 Å². The molecule has 3 nitrogen and oxygen atoms in total. The van der Waals surface area contributed by atoms with Crippen molar-refractivity contribution in [3.63, 3.8) is 0 Å². The van der Waals surface area contributed by atoms with E-state index in [4.69, 9.17) is 11.6 Å². The number of anilines is 1. The molecule has 2 N–H and O–H groups in total. The maximum Gasteiger partial charge on any atom is 0.140 e. The van der Waals surface area contributed by atoms with Gasteiger partial charge >= 0.3 is 0 Å². The Morgan fingerprint density at radius 3 is 2.50 bits per heavy atom. The molecule has 18 heavy (non-hydrogen) atoms. The van der Waals surface area contributed by atoms with Gasteiger partial charge < -0.3 is 10.4 Å². The molecule has 1 atom stereocenters. The van der Waals surface area contributed by atoms with Gasteiger partial charge in [0.2, 0.25) is 0 Å². The maximum atomic E-state index is 9.35. The number of hydrogen-bond donors (Lipinski definition) is 2. The summed E-state index contributed by atoms with van der Waals surface area (Å²) in [5.74, 6) is 0.0109. The summed E-state index contributed by atoms with van der Waals surface area (Å²) in [4.78, 5) is 0.